The molecule has 3 heterocycles. The minimum atomic E-state index is 0.202. The van der Waals surface area contributed by atoms with Crippen LogP contribution in [0.15, 0.2) is 12.3 Å². The first-order valence-electron chi connectivity index (χ1n) is 7.97. The number of rotatable bonds is 4. The van der Waals surface area contributed by atoms with E-state index >= 15 is 0 Å². The molecule has 3 rings (SSSR count). The Kier molecular flexibility index (Phi) is 4.53. The second-order valence-electron chi connectivity index (χ2n) is 6.09. The van der Waals surface area contributed by atoms with Gasteiger partial charge in [-0.25, -0.2) is 15.0 Å². The van der Waals surface area contributed by atoms with Crippen LogP contribution in [0.2, 0.25) is 0 Å². The smallest absolute Gasteiger partial charge is 0.223 e. The van der Waals surface area contributed by atoms with Crippen molar-refractivity contribution in [1.29, 1.82) is 5.26 Å². The maximum absolute atomic E-state index is 9.13. The first-order chi connectivity index (χ1) is 11.2. The summed E-state index contributed by atoms with van der Waals surface area (Å²) in [5, 5.41) is 19.9. The van der Waals surface area contributed by atoms with Crippen molar-refractivity contribution in [2.75, 3.05) is 23.7 Å². The number of hydrogen-bond donors (Lipinski definition) is 3. The first-order valence-corrected chi connectivity index (χ1v) is 7.97. The standard InChI is InChI=1S/C16H21N7/c1-10(2)20-15-14-11(6-13(7-17)21-15)8-19-16(23-14)22-12-4-3-5-18-9-12/h6,8,10,12,18H,3-5,9H2,1-2H3,(H,20,21)(H,19,22,23)/t12-/m1/s1. The first kappa shape index (κ1) is 15.4. The average molecular weight is 311 g/mol. The van der Waals surface area contributed by atoms with Crippen LogP contribution < -0.4 is 16.0 Å². The SMILES string of the molecule is CC(C)Nc1nc(C#N)cc2cnc(N[C@@H]3CCCNC3)nc12. The summed E-state index contributed by atoms with van der Waals surface area (Å²) in [6.07, 6.45) is 4.00. The Hall–Kier alpha value is -2.46. The van der Waals surface area contributed by atoms with Crippen LogP contribution in [0.25, 0.3) is 10.9 Å². The fourth-order valence-electron chi connectivity index (χ4n) is 2.70. The van der Waals surface area contributed by atoms with Crippen molar-refractivity contribution in [2.45, 2.75) is 38.8 Å². The summed E-state index contributed by atoms with van der Waals surface area (Å²) in [5.74, 6) is 1.23. The molecule has 23 heavy (non-hydrogen) atoms. The molecule has 120 valence electrons. The molecular weight excluding hydrogens is 290 g/mol. The Balaban J connectivity index is 1.94. The Morgan fingerprint density at radius 3 is 2.96 bits per heavy atom. The van der Waals surface area contributed by atoms with Gasteiger partial charge in [-0.15, -0.1) is 0 Å². The van der Waals surface area contributed by atoms with Crippen LogP contribution >= 0.6 is 0 Å². The second-order valence-corrected chi connectivity index (χ2v) is 6.09. The minimum absolute atomic E-state index is 0.202. The molecule has 0 saturated carbocycles. The molecule has 7 heteroatoms. The van der Waals surface area contributed by atoms with Gasteiger partial charge in [0.15, 0.2) is 5.82 Å². The summed E-state index contributed by atoms with van der Waals surface area (Å²) in [4.78, 5) is 13.3. The molecule has 1 fully saturated rings. The highest BCUT2D eigenvalue weighted by molar-refractivity contribution is 5.89. The predicted octanol–water partition coefficient (Wildman–Crippen LogP) is 1.88. The lowest BCUT2D eigenvalue weighted by molar-refractivity contribution is 0.478. The van der Waals surface area contributed by atoms with E-state index in [0.717, 1.165) is 36.8 Å². The van der Waals surface area contributed by atoms with E-state index < -0.39 is 0 Å². The molecule has 0 unspecified atom stereocenters. The lowest BCUT2D eigenvalue weighted by Crippen LogP contribution is -2.38. The van der Waals surface area contributed by atoms with Gasteiger partial charge >= 0.3 is 0 Å². The van der Waals surface area contributed by atoms with Crippen LogP contribution in [0, 0.1) is 11.3 Å². The Labute approximate surface area is 135 Å². The van der Waals surface area contributed by atoms with Crippen molar-refractivity contribution in [3.63, 3.8) is 0 Å². The van der Waals surface area contributed by atoms with E-state index in [9.17, 15) is 0 Å². The van der Waals surface area contributed by atoms with Crippen LogP contribution in [0.3, 0.4) is 0 Å². The van der Waals surface area contributed by atoms with E-state index in [1.807, 2.05) is 13.8 Å². The summed E-state index contributed by atoms with van der Waals surface area (Å²) >= 11 is 0. The van der Waals surface area contributed by atoms with Gasteiger partial charge in [-0.05, 0) is 39.3 Å². The topological polar surface area (TPSA) is 98.5 Å². The fraction of sp³-hybridized carbons (Fsp3) is 0.500. The number of nitriles is 1. The molecule has 1 saturated heterocycles. The number of nitrogens with zero attached hydrogens (tertiary/aromatic N) is 4. The van der Waals surface area contributed by atoms with Crippen molar-refractivity contribution in [3.05, 3.63) is 18.0 Å². The van der Waals surface area contributed by atoms with Crippen LogP contribution in [-0.4, -0.2) is 40.1 Å². The Morgan fingerprint density at radius 1 is 1.39 bits per heavy atom. The molecule has 7 nitrogen and oxygen atoms in total. The molecular formula is C16H21N7. The molecule has 0 aliphatic carbocycles. The van der Waals surface area contributed by atoms with E-state index in [0.29, 0.717) is 23.5 Å². The Morgan fingerprint density at radius 2 is 2.26 bits per heavy atom. The van der Waals surface area contributed by atoms with Gasteiger partial charge in [-0.1, -0.05) is 0 Å². The van der Waals surface area contributed by atoms with E-state index in [1.54, 1.807) is 12.3 Å². The molecule has 2 aromatic heterocycles. The summed E-state index contributed by atoms with van der Waals surface area (Å²) in [6, 6.07) is 4.34. The van der Waals surface area contributed by atoms with Gasteiger partial charge in [0.2, 0.25) is 5.95 Å². The van der Waals surface area contributed by atoms with Gasteiger partial charge in [0, 0.05) is 30.2 Å². The molecule has 3 N–H and O–H groups in total. The van der Waals surface area contributed by atoms with Crippen LogP contribution in [0.4, 0.5) is 11.8 Å². The molecule has 2 aromatic rings. The fourth-order valence-corrected chi connectivity index (χ4v) is 2.70. The number of nitrogens with one attached hydrogen (secondary N) is 3. The van der Waals surface area contributed by atoms with Gasteiger partial charge < -0.3 is 16.0 Å². The van der Waals surface area contributed by atoms with Crippen molar-refractivity contribution in [2.24, 2.45) is 0 Å². The normalized spacial score (nSPS) is 17.9. The maximum Gasteiger partial charge on any atom is 0.223 e. The van der Waals surface area contributed by atoms with Crippen molar-refractivity contribution < 1.29 is 0 Å². The highest BCUT2D eigenvalue weighted by Crippen LogP contribution is 2.22. The zero-order chi connectivity index (χ0) is 16.2. The number of anilines is 2. The Bertz CT molecular complexity index is 729. The van der Waals surface area contributed by atoms with Gasteiger partial charge in [-0.3, -0.25) is 0 Å². The zero-order valence-electron chi connectivity index (χ0n) is 13.4. The maximum atomic E-state index is 9.13. The third kappa shape index (κ3) is 3.66. The largest absolute Gasteiger partial charge is 0.366 e. The van der Waals surface area contributed by atoms with E-state index in [1.165, 1.54) is 0 Å². The molecule has 1 aliphatic heterocycles. The summed E-state index contributed by atoms with van der Waals surface area (Å²) in [5.41, 5.74) is 1.10. The summed E-state index contributed by atoms with van der Waals surface area (Å²) < 4.78 is 0. The number of fused-ring (bicyclic) bond motifs is 1. The summed E-state index contributed by atoms with van der Waals surface area (Å²) in [7, 11) is 0. The van der Waals surface area contributed by atoms with E-state index in [2.05, 4.69) is 37.0 Å². The van der Waals surface area contributed by atoms with Crippen molar-refractivity contribution in [1.82, 2.24) is 20.3 Å². The molecule has 0 radical (unpaired) electrons. The van der Waals surface area contributed by atoms with E-state index in [4.69, 9.17) is 5.26 Å². The predicted molar refractivity (Wildman–Crippen MR) is 90.3 cm³/mol. The number of piperidine rings is 1. The molecule has 0 aromatic carbocycles. The average Bonchev–Trinajstić information content (AvgIpc) is 2.55. The molecule has 1 atom stereocenters. The third-order valence-electron chi connectivity index (χ3n) is 3.74. The molecule has 0 spiro atoms. The lowest BCUT2D eigenvalue weighted by Gasteiger charge is -2.23. The van der Waals surface area contributed by atoms with Crippen molar-refractivity contribution >= 4 is 22.7 Å². The highest BCUT2D eigenvalue weighted by Gasteiger charge is 2.15. The van der Waals surface area contributed by atoms with Crippen molar-refractivity contribution in [3.8, 4) is 6.07 Å². The van der Waals surface area contributed by atoms with Gasteiger partial charge in [-0.2, -0.15) is 5.26 Å². The van der Waals surface area contributed by atoms with Gasteiger partial charge in [0.1, 0.15) is 17.3 Å². The number of hydrogen-bond acceptors (Lipinski definition) is 7. The minimum Gasteiger partial charge on any atom is -0.366 e. The molecule has 1 aliphatic rings. The summed E-state index contributed by atoms with van der Waals surface area (Å²) in [6.45, 7) is 6.05. The van der Waals surface area contributed by atoms with Gasteiger partial charge in [0.25, 0.3) is 0 Å². The zero-order valence-corrected chi connectivity index (χ0v) is 13.4. The monoisotopic (exact) mass is 311 g/mol. The van der Waals surface area contributed by atoms with Crippen LogP contribution in [0.1, 0.15) is 32.4 Å². The van der Waals surface area contributed by atoms with Gasteiger partial charge in [0.05, 0.1) is 0 Å². The molecule has 0 bridgehead atoms. The highest BCUT2D eigenvalue weighted by atomic mass is 15.1. The lowest BCUT2D eigenvalue weighted by atomic mass is 10.1. The quantitative estimate of drug-likeness (QED) is 0.793. The molecule has 0 amide bonds. The number of pyridine rings is 1. The second kappa shape index (κ2) is 6.75. The van der Waals surface area contributed by atoms with Crippen LogP contribution in [-0.2, 0) is 0 Å². The third-order valence-corrected chi connectivity index (χ3v) is 3.74. The number of aromatic nitrogens is 3. The van der Waals surface area contributed by atoms with Crippen LogP contribution in [0.5, 0.6) is 0 Å². The van der Waals surface area contributed by atoms with E-state index in [-0.39, 0.29) is 6.04 Å².